The highest BCUT2D eigenvalue weighted by Gasteiger charge is 2.20. The Labute approximate surface area is 92.8 Å². The molecule has 0 saturated carbocycles. The average Bonchev–Trinajstić information content (AvgIpc) is 2.74. The number of alkyl halides is 1. The van der Waals surface area contributed by atoms with E-state index in [4.69, 9.17) is 15.2 Å². The molecular weight excluding hydrogens is 213 g/mol. The Bertz CT molecular complexity index is 384. The fourth-order valence-electron chi connectivity index (χ4n) is 1.74. The molecule has 1 aliphatic rings. The smallest absolute Gasteiger partial charge is 0.231 e. The second kappa shape index (κ2) is 4.67. The molecule has 0 bridgehead atoms. The highest BCUT2D eigenvalue weighted by molar-refractivity contribution is 5.49. The summed E-state index contributed by atoms with van der Waals surface area (Å²) in [7, 11) is 0. The van der Waals surface area contributed by atoms with E-state index in [1.165, 1.54) is 0 Å². The summed E-state index contributed by atoms with van der Waals surface area (Å²) in [6, 6.07) is 3.19. The molecule has 0 amide bonds. The van der Waals surface area contributed by atoms with Crippen molar-refractivity contribution < 1.29 is 19.0 Å². The summed E-state index contributed by atoms with van der Waals surface area (Å²) >= 11 is 0. The Kier molecular flexibility index (Phi) is 3.26. The predicted molar refractivity (Wildman–Crippen MR) is 56.0 cm³/mol. The van der Waals surface area contributed by atoms with Gasteiger partial charge in [-0.3, -0.25) is 0 Å². The first-order chi connectivity index (χ1) is 7.76. The van der Waals surface area contributed by atoms with Crippen LogP contribution in [-0.2, 0) is 6.67 Å². The lowest BCUT2D eigenvalue weighted by Crippen LogP contribution is -2.08. The average molecular weight is 227 g/mol. The monoisotopic (exact) mass is 227 g/mol. The van der Waals surface area contributed by atoms with Gasteiger partial charge in [-0.05, 0) is 36.2 Å². The number of nitrogens with two attached hydrogens (primary N) is 1. The van der Waals surface area contributed by atoms with Crippen molar-refractivity contribution in [3.05, 3.63) is 23.3 Å². The Morgan fingerprint density at radius 3 is 2.69 bits per heavy atom. The largest absolute Gasteiger partial charge is 0.454 e. The maximum Gasteiger partial charge on any atom is 0.231 e. The Morgan fingerprint density at radius 2 is 2.06 bits per heavy atom. The summed E-state index contributed by atoms with van der Waals surface area (Å²) in [5.74, 6) is 1.07. The van der Waals surface area contributed by atoms with Crippen molar-refractivity contribution >= 4 is 0 Å². The van der Waals surface area contributed by atoms with Crippen molar-refractivity contribution in [2.75, 3.05) is 13.3 Å². The number of aliphatic hydroxyl groups excluding tert-OH is 1. The first-order valence-electron chi connectivity index (χ1n) is 5.12. The quantitative estimate of drug-likeness (QED) is 0.813. The number of halogens is 1. The Balaban J connectivity index is 2.35. The summed E-state index contributed by atoms with van der Waals surface area (Å²) in [5, 5.41) is 9.82. The standard InChI is InChI=1S/C11H14FNO3/c12-5-7-3-10-11(16-6-15-10)4-8(7)9(14)1-2-13/h3-4,9,14H,1-2,5-6,13H2. The van der Waals surface area contributed by atoms with Gasteiger partial charge < -0.3 is 20.3 Å². The lowest BCUT2D eigenvalue weighted by atomic mass is 10.00. The fraction of sp³-hybridized carbons (Fsp3) is 0.455. The molecule has 0 aliphatic carbocycles. The van der Waals surface area contributed by atoms with Gasteiger partial charge >= 0.3 is 0 Å². The summed E-state index contributed by atoms with van der Waals surface area (Å²) in [5.41, 5.74) is 6.31. The zero-order valence-corrected chi connectivity index (χ0v) is 8.78. The topological polar surface area (TPSA) is 64.7 Å². The predicted octanol–water partition coefficient (Wildman–Crippen LogP) is 1.27. The zero-order chi connectivity index (χ0) is 11.5. The molecule has 3 N–H and O–H groups in total. The van der Waals surface area contributed by atoms with Crippen molar-refractivity contribution in [3.8, 4) is 11.5 Å². The second-order valence-corrected chi connectivity index (χ2v) is 3.63. The first kappa shape index (κ1) is 11.2. The van der Waals surface area contributed by atoms with Crippen LogP contribution in [0.25, 0.3) is 0 Å². The number of ether oxygens (including phenoxy) is 2. The van der Waals surface area contributed by atoms with Crippen LogP contribution in [-0.4, -0.2) is 18.4 Å². The van der Waals surface area contributed by atoms with E-state index < -0.39 is 12.8 Å². The van der Waals surface area contributed by atoms with Gasteiger partial charge in [-0.15, -0.1) is 0 Å². The lowest BCUT2D eigenvalue weighted by Gasteiger charge is -2.14. The molecule has 2 rings (SSSR count). The molecule has 1 aliphatic heterocycles. The van der Waals surface area contributed by atoms with Gasteiger partial charge in [0.25, 0.3) is 0 Å². The number of rotatable bonds is 4. The molecule has 1 aromatic rings. The molecule has 1 unspecified atom stereocenters. The molecule has 16 heavy (non-hydrogen) atoms. The molecule has 5 heteroatoms. The lowest BCUT2D eigenvalue weighted by molar-refractivity contribution is 0.166. The van der Waals surface area contributed by atoms with Crippen molar-refractivity contribution in [1.82, 2.24) is 0 Å². The molecule has 1 atom stereocenters. The highest BCUT2D eigenvalue weighted by atomic mass is 19.1. The molecule has 4 nitrogen and oxygen atoms in total. The maximum absolute atomic E-state index is 12.8. The Hall–Kier alpha value is -1.33. The third kappa shape index (κ3) is 1.96. The summed E-state index contributed by atoms with van der Waals surface area (Å²) in [6.07, 6.45) is -0.364. The van der Waals surface area contributed by atoms with E-state index in [2.05, 4.69) is 0 Å². The summed E-state index contributed by atoms with van der Waals surface area (Å²) in [6.45, 7) is -0.160. The van der Waals surface area contributed by atoms with Gasteiger partial charge in [-0.1, -0.05) is 0 Å². The van der Waals surface area contributed by atoms with E-state index in [1.807, 2.05) is 0 Å². The van der Waals surface area contributed by atoms with Gasteiger partial charge in [0.05, 0.1) is 6.10 Å². The van der Waals surface area contributed by atoms with E-state index in [-0.39, 0.29) is 6.79 Å². The van der Waals surface area contributed by atoms with E-state index in [9.17, 15) is 9.50 Å². The van der Waals surface area contributed by atoms with Crippen molar-refractivity contribution in [3.63, 3.8) is 0 Å². The van der Waals surface area contributed by atoms with Gasteiger partial charge in [0.1, 0.15) is 6.67 Å². The fourth-order valence-corrected chi connectivity index (χ4v) is 1.74. The maximum atomic E-state index is 12.8. The SMILES string of the molecule is NCCC(O)c1cc2c(cc1CF)OCO2. The molecule has 0 fully saturated rings. The van der Waals surface area contributed by atoms with Crippen molar-refractivity contribution in [1.29, 1.82) is 0 Å². The minimum atomic E-state index is -0.759. The minimum Gasteiger partial charge on any atom is -0.454 e. The molecular formula is C11H14FNO3. The van der Waals surface area contributed by atoms with Crippen LogP contribution in [0.3, 0.4) is 0 Å². The van der Waals surface area contributed by atoms with Crippen LogP contribution in [0.2, 0.25) is 0 Å². The van der Waals surface area contributed by atoms with Crippen LogP contribution in [0.1, 0.15) is 23.7 Å². The zero-order valence-electron chi connectivity index (χ0n) is 8.78. The summed E-state index contributed by atoms with van der Waals surface area (Å²) in [4.78, 5) is 0. The van der Waals surface area contributed by atoms with Gasteiger partial charge in [-0.2, -0.15) is 0 Å². The Morgan fingerprint density at radius 1 is 1.38 bits per heavy atom. The van der Waals surface area contributed by atoms with Crippen LogP contribution in [0.4, 0.5) is 4.39 Å². The number of benzene rings is 1. The molecule has 0 aromatic heterocycles. The van der Waals surface area contributed by atoms with Crippen molar-refractivity contribution in [2.24, 2.45) is 5.73 Å². The van der Waals surface area contributed by atoms with E-state index in [0.29, 0.717) is 35.6 Å². The number of hydrogen-bond acceptors (Lipinski definition) is 4. The van der Waals surface area contributed by atoms with Gasteiger partial charge in [0.15, 0.2) is 11.5 Å². The third-order valence-corrected chi connectivity index (χ3v) is 2.58. The van der Waals surface area contributed by atoms with E-state index >= 15 is 0 Å². The number of fused-ring (bicyclic) bond motifs is 1. The van der Waals surface area contributed by atoms with Gasteiger partial charge in [-0.25, -0.2) is 4.39 Å². The summed E-state index contributed by atoms with van der Waals surface area (Å²) < 4.78 is 23.1. The van der Waals surface area contributed by atoms with Crippen LogP contribution in [0.5, 0.6) is 11.5 Å². The molecule has 1 heterocycles. The van der Waals surface area contributed by atoms with E-state index in [1.54, 1.807) is 12.1 Å². The van der Waals surface area contributed by atoms with Crippen LogP contribution in [0, 0.1) is 0 Å². The molecule has 88 valence electrons. The molecule has 1 aromatic carbocycles. The normalized spacial score (nSPS) is 15.2. The number of aliphatic hydroxyl groups is 1. The number of hydrogen-bond donors (Lipinski definition) is 2. The van der Waals surface area contributed by atoms with E-state index in [0.717, 1.165) is 0 Å². The van der Waals surface area contributed by atoms with Crippen molar-refractivity contribution in [2.45, 2.75) is 19.2 Å². The third-order valence-electron chi connectivity index (χ3n) is 2.58. The van der Waals surface area contributed by atoms with Crippen LogP contribution < -0.4 is 15.2 Å². The molecule has 0 saturated heterocycles. The molecule has 0 radical (unpaired) electrons. The minimum absolute atomic E-state index is 0.136. The second-order valence-electron chi connectivity index (χ2n) is 3.63. The van der Waals surface area contributed by atoms with Gasteiger partial charge in [0.2, 0.25) is 6.79 Å². The van der Waals surface area contributed by atoms with Gasteiger partial charge in [0, 0.05) is 0 Å². The molecule has 0 spiro atoms. The van der Waals surface area contributed by atoms with Crippen LogP contribution >= 0.6 is 0 Å². The van der Waals surface area contributed by atoms with Crippen LogP contribution in [0.15, 0.2) is 12.1 Å². The highest BCUT2D eigenvalue weighted by Crippen LogP contribution is 2.37. The first-order valence-corrected chi connectivity index (χ1v) is 5.12.